The van der Waals surface area contributed by atoms with Crippen molar-refractivity contribution in [2.24, 2.45) is 0 Å². The Morgan fingerprint density at radius 3 is 2.59 bits per heavy atom. The molecule has 1 aromatic carbocycles. The molecule has 3 aromatic rings. The molecular weight excluding hydrogens is 402 g/mol. The highest BCUT2D eigenvalue weighted by Gasteiger charge is 2.48. The summed E-state index contributed by atoms with van der Waals surface area (Å²) < 4.78 is 7.56. The molecule has 0 bridgehead atoms. The maximum atomic E-state index is 13.8. The Morgan fingerprint density at radius 1 is 1.09 bits per heavy atom. The summed E-state index contributed by atoms with van der Waals surface area (Å²) in [4.78, 5) is 29.2. The predicted molar refractivity (Wildman–Crippen MR) is 123 cm³/mol. The number of aromatic nitrogens is 1. The largest absolute Gasteiger partial charge is 0.467 e. The lowest BCUT2D eigenvalue weighted by atomic mass is 9.92. The fourth-order valence-electron chi connectivity index (χ4n) is 5.25. The van der Waals surface area contributed by atoms with E-state index < -0.39 is 5.54 Å². The number of amides is 2. The summed E-state index contributed by atoms with van der Waals surface area (Å²) in [7, 11) is 0. The molecule has 1 N–H and O–H groups in total. The molecule has 1 atom stereocenters. The van der Waals surface area contributed by atoms with Crippen LogP contribution < -0.4 is 5.32 Å². The number of carbonyl (C=O) groups is 2. The average Bonchev–Trinajstić information content (AvgIpc) is 3.41. The highest BCUT2D eigenvalue weighted by molar-refractivity contribution is 6.03. The fourth-order valence-corrected chi connectivity index (χ4v) is 5.25. The van der Waals surface area contributed by atoms with Crippen molar-refractivity contribution in [3.8, 4) is 0 Å². The van der Waals surface area contributed by atoms with Gasteiger partial charge in [0.05, 0.1) is 19.4 Å². The van der Waals surface area contributed by atoms with Gasteiger partial charge in [-0.2, -0.15) is 0 Å². The van der Waals surface area contributed by atoms with E-state index in [-0.39, 0.29) is 24.4 Å². The first-order valence-electron chi connectivity index (χ1n) is 11.8. The van der Waals surface area contributed by atoms with Crippen LogP contribution in [0, 0.1) is 0 Å². The molecule has 6 nitrogen and oxygen atoms in total. The second-order valence-electron chi connectivity index (χ2n) is 9.43. The lowest BCUT2D eigenvalue weighted by Crippen LogP contribution is -2.64. The summed E-state index contributed by atoms with van der Waals surface area (Å²) in [6.07, 6.45) is 9.64. The number of carbonyl (C=O) groups excluding carboxylic acids is 2. The zero-order valence-electron chi connectivity index (χ0n) is 18.7. The van der Waals surface area contributed by atoms with Crippen LogP contribution in [0.3, 0.4) is 0 Å². The summed E-state index contributed by atoms with van der Waals surface area (Å²) in [5.41, 5.74) is 0.591. The summed E-state index contributed by atoms with van der Waals surface area (Å²) in [5.74, 6) is 0.457. The molecule has 2 amide bonds. The first kappa shape index (κ1) is 20.9. The highest BCUT2D eigenvalue weighted by Crippen LogP contribution is 2.34. The molecule has 2 aliphatic rings. The first-order valence-corrected chi connectivity index (χ1v) is 11.8. The molecule has 0 spiro atoms. The van der Waals surface area contributed by atoms with Crippen molar-refractivity contribution in [3.05, 3.63) is 60.2 Å². The molecule has 0 unspecified atom stereocenters. The number of nitrogens with zero attached hydrogens (tertiary/aromatic N) is 2. The maximum absolute atomic E-state index is 13.8. The predicted octanol–water partition coefficient (Wildman–Crippen LogP) is 4.88. The number of nitrogens with one attached hydrogen (secondary N) is 1. The van der Waals surface area contributed by atoms with Gasteiger partial charge in [0.25, 0.3) is 5.91 Å². The minimum Gasteiger partial charge on any atom is -0.467 e. The maximum Gasteiger partial charge on any atom is 0.271 e. The Kier molecular flexibility index (Phi) is 5.53. The molecule has 1 aliphatic carbocycles. The minimum atomic E-state index is -1.01. The molecule has 2 aromatic heterocycles. The van der Waals surface area contributed by atoms with Crippen molar-refractivity contribution in [2.75, 3.05) is 0 Å². The third-order valence-electron chi connectivity index (χ3n) is 7.16. The Hall–Kier alpha value is -3.02. The summed E-state index contributed by atoms with van der Waals surface area (Å²) in [5, 5.41) is 4.33. The third kappa shape index (κ3) is 3.72. The highest BCUT2D eigenvalue weighted by atomic mass is 16.3. The van der Waals surface area contributed by atoms with E-state index in [0.717, 1.165) is 36.6 Å². The zero-order chi connectivity index (χ0) is 22.1. The van der Waals surface area contributed by atoms with Gasteiger partial charge in [0.2, 0.25) is 5.91 Å². The SMILES string of the molecule is C[C@]1(C(=O)NC2CCCCCCC2)Cn2c(cc3ccccc32)C(=O)N1Cc1ccco1. The van der Waals surface area contributed by atoms with Crippen LogP contribution in [-0.4, -0.2) is 32.9 Å². The molecule has 32 heavy (non-hydrogen) atoms. The second-order valence-corrected chi connectivity index (χ2v) is 9.43. The van der Waals surface area contributed by atoms with Crippen molar-refractivity contribution in [1.29, 1.82) is 0 Å². The van der Waals surface area contributed by atoms with E-state index in [1.165, 1.54) is 19.3 Å². The molecule has 5 rings (SSSR count). The molecule has 6 heteroatoms. The third-order valence-corrected chi connectivity index (χ3v) is 7.16. The number of para-hydroxylation sites is 1. The van der Waals surface area contributed by atoms with Crippen LogP contribution in [-0.2, 0) is 17.9 Å². The number of hydrogen-bond donors (Lipinski definition) is 1. The number of furan rings is 1. The smallest absolute Gasteiger partial charge is 0.271 e. The molecular formula is C26H31N3O3. The van der Waals surface area contributed by atoms with E-state index in [4.69, 9.17) is 4.42 Å². The van der Waals surface area contributed by atoms with Gasteiger partial charge in [0, 0.05) is 16.9 Å². The van der Waals surface area contributed by atoms with E-state index >= 15 is 0 Å². The van der Waals surface area contributed by atoms with Crippen LogP contribution in [0.15, 0.2) is 53.1 Å². The summed E-state index contributed by atoms with van der Waals surface area (Å²) in [6, 6.07) is 13.7. The quantitative estimate of drug-likeness (QED) is 0.638. The van der Waals surface area contributed by atoms with E-state index in [9.17, 15) is 9.59 Å². The Labute approximate surface area is 188 Å². The zero-order valence-corrected chi connectivity index (χ0v) is 18.7. The molecule has 1 aliphatic heterocycles. The van der Waals surface area contributed by atoms with Crippen molar-refractivity contribution in [3.63, 3.8) is 0 Å². The van der Waals surface area contributed by atoms with Gasteiger partial charge in [-0.1, -0.05) is 50.3 Å². The molecule has 3 heterocycles. The number of hydrogen-bond acceptors (Lipinski definition) is 3. The Morgan fingerprint density at radius 2 is 1.84 bits per heavy atom. The van der Waals surface area contributed by atoms with Crippen LogP contribution in [0.4, 0.5) is 0 Å². The van der Waals surface area contributed by atoms with Crippen LogP contribution in [0.2, 0.25) is 0 Å². The van der Waals surface area contributed by atoms with Crippen molar-refractivity contribution in [2.45, 2.75) is 76.5 Å². The van der Waals surface area contributed by atoms with E-state index in [1.54, 1.807) is 11.2 Å². The van der Waals surface area contributed by atoms with Gasteiger partial charge >= 0.3 is 0 Å². The fraction of sp³-hybridized carbons (Fsp3) is 0.462. The van der Waals surface area contributed by atoms with E-state index in [1.807, 2.05) is 54.0 Å². The molecule has 168 valence electrons. The Balaban J connectivity index is 1.50. The lowest BCUT2D eigenvalue weighted by molar-refractivity contribution is -0.134. The minimum absolute atomic E-state index is 0.0774. The van der Waals surface area contributed by atoms with Gasteiger partial charge in [0.15, 0.2) is 0 Å². The number of rotatable bonds is 4. The molecule has 0 radical (unpaired) electrons. The number of fused-ring (bicyclic) bond motifs is 3. The van der Waals surface area contributed by atoms with Crippen molar-refractivity contribution < 1.29 is 14.0 Å². The van der Waals surface area contributed by atoms with Gasteiger partial charge in [-0.25, -0.2) is 0 Å². The van der Waals surface area contributed by atoms with E-state index in [2.05, 4.69) is 5.32 Å². The van der Waals surface area contributed by atoms with E-state index in [0.29, 0.717) is 18.0 Å². The summed E-state index contributed by atoms with van der Waals surface area (Å²) in [6.45, 7) is 2.58. The topological polar surface area (TPSA) is 67.5 Å². The summed E-state index contributed by atoms with van der Waals surface area (Å²) >= 11 is 0. The van der Waals surface area contributed by atoms with Gasteiger partial charge in [0.1, 0.15) is 17.0 Å². The monoisotopic (exact) mass is 433 g/mol. The standard InChI is InChI=1S/C26H31N3O3/c1-26(25(31)27-20-11-5-3-2-4-6-12-20)18-28-22-14-8-7-10-19(22)16-23(28)24(30)29(26)17-21-13-9-15-32-21/h7-10,13-16,20H,2-6,11-12,17-18H2,1H3,(H,27,31)/t26-/m1/s1. The van der Waals surface area contributed by atoms with Crippen LogP contribution in [0.1, 0.15) is 68.1 Å². The molecule has 1 saturated carbocycles. The van der Waals surface area contributed by atoms with Crippen LogP contribution in [0.5, 0.6) is 0 Å². The number of benzene rings is 1. The lowest BCUT2D eigenvalue weighted by Gasteiger charge is -2.44. The average molecular weight is 434 g/mol. The van der Waals surface area contributed by atoms with Gasteiger partial charge < -0.3 is 19.2 Å². The van der Waals surface area contributed by atoms with Crippen molar-refractivity contribution in [1.82, 2.24) is 14.8 Å². The van der Waals surface area contributed by atoms with Gasteiger partial charge in [-0.3, -0.25) is 9.59 Å². The van der Waals surface area contributed by atoms with Crippen LogP contribution >= 0.6 is 0 Å². The molecule has 1 fully saturated rings. The second kappa shape index (κ2) is 8.49. The van der Waals surface area contributed by atoms with Gasteiger partial charge in [-0.15, -0.1) is 0 Å². The first-order chi connectivity index (χ1) is 15.6. The Bertz CT molecular complexity index is 1110. The van der Waals surface area contributed by atoms with Crippen LogP contribution in [0.25, 0.3) is 10.9 Å². The normalized spacial score (nSPS) is 22.4. The molecule has 0 saturated heterocycles. The van der Waals surface area contributed by atoms with Gasteiger partial charge in [-0.05, 0) is 44.0 Å². The van der Waals surface area contributed by atoms with Crippen molar-refractivity contribution >= 4 is 22.7 Å².